The molecule has 1 aliphatic rings. The number of rotatable bonds is 7. The largest absolute Gasteiger partial charge is 0.383 e. The lowest BCUT2D eigenvalue weighted by atomic mass is 10.1. The maximum atomic E-state index is 13.3. The zero-order chi connectivity index (χ0) is 21.0. The van der Waals surface area contributed by atoms with Crippen molar-refractivity contribution in [1.82, 2.24) is 4.90 Å². The number of amides is 4. The van der Waals surface area contributed by atoms with Crippen LogP contribution in [0.3, 0.4) is 0 Å². The summed E-state index contributed by atoms with van der Waals surface area (Å²) in [6, 6.07) is 11.0. The van der Waals surface area contributed by atoms with E-state index in [0.717, 1.165) is 10.5 Å². The summed E-state index contributed by atoms with van der Waals surface area (Å²) in [4.78, 5) is 40.8. The Labute approximate surface area is 168 Å². The van der Waals surface area contributed by atoms with Gasteiger partial charge in [0.15, 0.2) is 0 Å². The van der Waals surface area contributed by atoms with E-state index in [-0.39, 0.29) is 25.3 Å². The van der Waals surface area contributed by atoms with Gasteiger partial charge in [0, 0.05) is 19.3 Å². The summed E-state index contributed by atoms with van der Waals surface area (Å²) in [5, 5.41) is 2.57. The first-order chi connectivity index (χ1) is 13.9. The lowest BCUT2D eigenvalue weighted by molar-refractivity contribution is -0.124. The van der Waals surface area contributed by atoms with Gasteiger partial charge in [0.25, 0.3) is 5.91 Å². The number of benzene rings is 2. The summed E-state index contributed by atoms with van der Waals surface area (Å²) in [6.07, 6.45) is -0.243. The first-order valence-corrected chi connectivity index (χ1v) is 9.16. The van der Waals surface area contributed by atoms with Crippen LogP contribution in [0.1, 0.15) is 12.0 Å². The van der Waals surface area contributed by atoms with Crippen molar-refractivity contribution in [3.8, 4) is 0 Å². The van der Waals surface area contributed by atoms with E-state index in [4.69, 9.17) is 4.74 Å². The molecule has 1 fully saturated rings. The first kappa shape index (κ1) is 20.5. The van der Waals surface area contributed by atoms with E-state index in [1.807, 2.05) is 13.0 Å². The Bertz CT molecular complexity index is 934. The highest BCUT2D eigenvalue weighted by molar-refractivity contribution is 6.22. The van der Waals surface area contributed by atoms with Crippen LogP contribution in [0.25, 0.3) is 0 Å². The normalized spacial score (nSPS) is 16.4. The number of carbonyl (C=O) groups is 3. The van der Waals surface area contributed by atoms with Gasteiger partial charge in [-0.1, -0.05) is 18.2 Å². The number of hydrogen-bond donors (Lipinski definition) is 1. The average Bonchev–Trinajstić information content (AvgIpc) is 2.89. The van der Waals surface area contributed by atoms with E-state index in [1.165, 1.54) is 30.2 Å². The molecule has 1 atom stereocenters. The molecule has 1 saturated heterocycles. The quantitative estimate of drug-likeness (QED) is 0.726. The summed E-state index contributed by atoms with van der Waals surface area (Å²) in [5.41, 5.74) is 1.64. The fourth-order valence-corrected chi connectivity index (χ4v) is 3.24. The predicted molar refractivity (Wildman–Crippen MR) is 106 cm³/mol. The maximum Gasteiger partial charge on any atom is 0.332 e. The third kappa shape index (κ3) is 4.60. The maximum absolute atomic E-state index is 13.3. The molecule has 0 aliphatic carbocycles. The van der Waals surface area contributed by atoms with Gasteiger partial charge in [-0.15, -0.1) is 0 Å². The number of halogens is 1. The second-order valence-corrected chi connectivity index (χ2v) is 6.76. The number of aryl methyl sites for hydroxylation is 1. The number of nitrogens with zero attached hydrogens (tertiary/aromatic N) is 2. The fraction of sp³-hybridized carbons (Fsp3) is 0.286. The van der Waals surface area contributed by atoms with Crippen molar-refractivity contribution >= 4 is 29.2 Å². The molecular formula is C21H22FN3O4. The van der Waals surface area contributed by atoms with Gasteiger partial charge in [-0.2, -0.15) is 0 Å². The zero-order valence-electron chi connectivity index (χ0n) is 16.2. The molecule has 4 amide bonds. The van der Waals surface area contributed by atoms with Crippen LogP contribution >= 0.6 is 0 Å². The number of nitrogens with one attached hydrogen (secondary N) is 1. The van der Waals surface area contributed by atoms with E-state index in [1.54, 1.807) is 24.3 Å². The smallest absolute Gasteiger partial charge is 0.332 e. The third-order valence-corrected chi connectivity index (χ3v) is 4.60. The third-order valence-electron chi connectivity index (χ3n) is 4.60. The van der Waals surface area contributed by atoms with Crippen LogP contribution in [0.15, 0.2) is 48.5 Å². The SMILES string of the molecule is COCCN1C(=O)N(c2cccc(C)c2)C(=O)[C@@H]1CC(=O)Nc1cccc(F)c1. The van der Waals surface area contributed by atoms with E-state index < -0.39 is 29.7 Å². The van der Waals surface area contributed by atoms with Crippen LogP contribution < -0.4 is 10.2 Å². The summed E-state index contributed by atoms with van der Waals surface area (Å²) in [6.45, 7) is 2.26. The molecule has 0 saturated carbocycles. The number of methoxy groups -OCH3 is 1. The first-order valence-electron chi connectivity index (χ1n) is 9.16. The second-order valence-electron chi connectivity index (χ2n) is 6.76. The van der Waals surface area contributed by atoms with Crippen molar-refractivity contribution in [2.75, 3.05) is 30.5 Å². The molecule has 0 unspecified atom stereocenters. The van der Waals surface area contributed by atoms with Crippen LogP contribution in [0, 0.1) is 12.7 Å². The van der Waals surface area contributed by atoms with Gasteiger partial charge in [-0.05, 0) is 42.8 Å². The number of urea groups is 1. The predicted octanol–water partition coefficient (Wildman–Crippen LogP) is 2.95. The van der Waals surface area contributed by atoms with E-state index in [2.05, 4.69) is 5.32 Å². The van der Waals surface area contributed by atoms with Gasteiger partial charge < -0.3 is 15.0 Å². The Morgan fingerprint density at radius 1 is 1.17 bits per heavy atom. The molecule has 1 aliphatic heterocycles. The molecule has 2 aromatic carbocycles. The number of carbonyl (C=O) groups excluding carboxylic acids is 3. The van der Waals surface area contributed by atoms with Gasteiger partial charge >= 0.3 is 6.03 Å². The summed E-state index contributed by atoms with van der Waals surface area (Å²) in [5.74, 6) is -1.45. The molecule has 7 nitrogen and oxygen atoms in total. The molecule has 0 radical (unpaired) electrons. The van der Waals surface area contributed by atoms with Crippen molar-refractivity contribution in [2.45, 2.75) is 19.4 Å². The molecule has 0 spiro atoms. The van der Waals surface area contributed by atoms with Crippen LogP contribution in [-0.4, -0.2) is 49.0 Å². The van der Waals surface area contributed by atoms with Crippen LogP contribution in [-0.2, 0) is 14.3 Å². The highest BCUT2D eigenvalue weighted by Crippen LogP contribution is 2.27. The van der Waals surface area contributed by atoms with Gasteiger partial charge in [-0.3, -0.25) is 9.59 Å². The lowest BCUT2D eigenvalue weighted by Gasteiger charge is -2.21. The summed E-state index contributed by atoms with van der Waals surface area (Å²) in [7, 11) is 1.49. The van der Waals surface area contributed by atoms with Gasteiger partial charge in [-0.25, -0.2) is 14.1 Å². The molecule has 152 valence electrons. The van der Waals surface area contributed by atoms with E-state index >= 15 is 0 Å². The van der Waals surface area contributed by atoms with Crippen LogP contribution in [0.4, 0.5) is 20.6 Å². The van der Waals surface area contributed by atoms with Crippen molar-refractivity contribution in [3.05, 3.63) is 59.9 Å². The minimum atomic E-state index is -0.966. The Kier molecular flexibility index (Phi) is 6.23. The molecular weight excluding hydrogens is 377 g/mol. The Balaban J connectivity index is 1.81. The Morgan fingerprint density at radius 2 is 1.93 bits per heavy atom. The monoisotopic (exact) mass is 399 g/mol. The Morgan fingerprint density at radius 3 is 2.62 bits per heavy atom. The minimum Gasteiger partial charge on any atom is -0.383 e. The molecule has 0 bridgehead atoms. The van der Waals surface area contributed by atoms with Crippen molar-refractivity contribution in [1.29, 1.82) is 0 Å². The highest BCUT2D eigenvalue weighted by Gasteiger charge is 2.46. The average molecular weight is 399 g/mol. The standard InChI is InChI=1S/C21H22FN3O4/c1-14-5-3-8-17(11-14)25-20(27)18(24(21(25)28)9-10-29-2)13-19(26)23-16-7-4-6-15(22)12-16/h3-8,11-12,18H,9-10,13H2,1-2H3,(H,23,26)/t18-/m0/s1. The summed E-state index contributed by atoms with van der Waals surface area (Å²) >= 11 is 0. The molecule has 2 aromatic rings. The molecule has 8 heteroatoms. The van der Waals surface area contributed by atoms with Crippen LogP contribution in [0.2, 0.25) is 0 Å². The topological polar surface area (TPSA) is 79.0 Å². The van der Waals surface area contributed by atoms with Crippen molar-refractivity contribution < 1.29 is 23.5 Å². The van der Waals surface area contributed by atoms with Crippen molar-refractivity contribution in [2.24, 2.45) is 0 Å². The van der Waals surface area contributed by atoms with E-state index in [9.17, 15) is 18.8 Å². The van der Waals surface area contributed by atoms with Crippen molar-refractivity contribution in [3.63, 3.8) is 0 Å². The van der Waals surface area contributed by atoms with Crippen LogP contribution in [0.5, 0.6) is 0 Å². The molecule has 3 rings (SSSR count). The van der Waals surface area contributed by atoms with E-state index in [0.29, 0.717) is 5.69 Å². The molecule has 1 heterocycles. The minimum absolute atomic E-state index is 0.168. The molecule has 1 N–H and O–H groups in total. The van der Waals surface area contributed by atoms with Gasteiger partial charge in [0.05, 0.1) is 18.7 Å². The number of hydrogen-bond acceptors (Lipinski definition) is 4. The fourth-order valence-electron chi connectivity index (χ4n) is 3.24. The molecule has 29 heavy (non-hydrogen) atoms. The van der Waals surface area contributed by atoms with Gasteiger partial charge in [0.1, 0.15) is 11.9 Å². The number of ether oxygens (including phenoxy) is 1. The highest BCUT2D eigenvalue weighted by atomic mass is 19.1. The number of imide groups is 1. The summed E-state index contributed by atoms with van der Waals surface area (Å²) < 4.78 is 18.4. The molecule has 0 aromatic heterocycles. The van der Waals surface area contributed by atoms with Gasteiger partial charge in [0.2, 0.25) is 5.91 Å². The second kappa shape index (κ2) is 8.83. The Hall–Kier alpha value is -3.26. The number of anilines is 2. The zero-order valence-corrected chi connectivity index (χ0v) is 16.2. The lowest BCUT2D eigenvalue weighted by Crippen LogP contribution is -2.39.